The number of aromatic nitrogens is 2. The Kier molecular flexibility index (Phi) is 7.89. The number of halogens is 1. The van der Waals surface area contributed by atoms with Gasteiger partial charge in [0.25, 0.3) is 0 Å². The summed E-state index contributed by atoms with van der Waals surface area (Å²) in [7, 11) is 1.79. The van der Waals surface area contributed by atoms with Crippen molar-refractivity contribution in [2.45, 2.75) is 33.2 Å². The molecule has 0 amide bonds. The maximum atomic E-state index is 4.57. The number of aromatic amines is 1. The van der Waals surface area contributed by atoms with Gasteiger partial charge in [0.05, 0.1) is 17.2 Å². The fourth-order valence-electron chi connectivity index (χ4n) is 2.87. The minimum Gasteiger partial charge on any atom is -0.361 e. The van der Waals surface area contributed by atoms with Gasteiger partial charge >= 0.3 is 0 Å². The van der Waals surface area contributed by atoms with Crippen LogP contribution in [0.15, 0.2) is 34.8 Å². The predicted octanol–water partition coefficient (Wildman–Crippen LogP) is 4.02. The van der Waals surface area contributed by atoms with Crippen molar-refractivity contribution in [2.24, 2.45) is 4.99 Å². The highest BCUT2D eigenvalue weighted by Gasteiger charge is 2.06. The number of nitrogens with one attached hydrogen (secondary N) is 3. The monoisotopic (exact) mass is 483 g/mol. The first-order valence-electron chi connectivity index (χ1n) is 8.64. The van der Waals surface area contributed by atoms with E-state index in [4.69, 9.17) is 0 Å². The second-order valence-corrected chi connectivity index (χ2v) is 6.94. The Morgan fingerprint density at radius 3 is 2.88 bits per heavy atom. The van der Waals surface area contributed by atoms with Crippen molar-refractivity contribution in [1.82, 2.24) is 20.6 Å². The highest BCUT2D eigenvalue weighted by molar-refractivity contribution is 14.0. The maximum absolute atomic E-state index is 4.57. The van der Waals surface area contributed by atoms with Crippen LogP contribution in [0.3, 0.4) is 0 Å². The number of hydrogen-bond donors (Lipinski definition) is 3. The molecule has 140 valence electrons. The number of H-pyrrole nitrogens is 1. The van der Waals surface area contributed by atoms with Gasteiger partial charge in [0, 0.05) is 36.1 Å². The molecule has 2 heterocycles. The lowest BCUT2D eigenvalue weighted by Crippen LogP contribution is -2.37. The van der Waals surface area contributed by atoms with Crippen molar-refractivity contribution < 1.29 is 0 Å². The Bertz CT molecular complexity index is 868. The summed E-state index contributed by atoms with van der Waals surface area (Å²) in [6, 6.07) is 6.42. The van der Waals surface area contributed by atoms with Crippen LogP contribution in [0.2, 0.25) is 0 Å². The molecule has 0 saturated heterocycles. The van der Waals surface area contributed by atoms with Gasteiger partial charge in [-0.1, -0.05) is 25.1 Å². The highest BCUT2D eigenvalue weighted by Crippen LogP contribution is 2.21. The molecular formula is C19H26IN5S. The van der Waals surface area contributed by atoms with Gasteiger partial charge in [0.1, 0.15) is 0 Å². The number of thiazole rings is 1. The van der Waals surface area contributed by atoms with Gasteiger partial charge in [0.15, 0.2) is 5.96 Å². The molecule has 5 nitrogen and oxygen atoms in total. The van der Waals surface area contributed by atoms with Gasteiger partial charge < -0.3 is 15.6 Å². The van der Waals surface area contributed by atoms with Crippen LogP contribution in [0.5, 0.6) is 0 Å². The molecular weight excluding hydrogens is 457 g/mol. The number of para-hydroxylation sites is 1. The number of hydrogen-bond acceptors (Lipinski definition) is 3. The van der Waals surface area contributed by atoms with Crippen molar-refractivity contribution in [3.8, 4) is 0 Å². The number of nitrogens with zero attached hydrogens (tertiary/aromatic N) is 2. The van der Waals surface area contributed by atoms with Crippen molar-refractivity contribution in [2.75, 3.05) is 13.6 Å². The lowest BCUT2D eigenvalue weighted by molar-refractivity contribution is 0.785. The molecule has 0 aliphatic rings. The third-order valence-corrected chi connectivity index (χ3v) is 5.30. The number of rotatable bonds is 6. The van der Waals surface area contributed by atoms with Crippen LogP contribution in [0.1, 0.15) is 28.8 Å². The Labute approximate surface area is 175 Å². The average Bonchev–Trinajstić information content (AvgIpc) is 3.25. The topological polar surface area (TPSA) is 65.1 Å². The minimum absolute atomic E-state index is 0. The molecule has 0 saturated carbocycles. The Balaban J connectivity index is 0.00000243. The van der Waals surface area contributed by atoms with Gasteiger partial charge in [-0.2, -0.15) is 0 Å². The van der Waals surface area contributed by atoms with E-state index >= 15 is 0 Å². The van der Waals surface area contributed by atoms with Gasteiger partial charge in [-0.25, -0.2) is 4.98 Å². The third-order valence-electron chi connectivity index (χ3n) is 4.26. The highest BCUT2D eigenvalue weighted by atomic mass is 127. The molecule has 0 radical (unpaired) electrons. The first-order valence-corrected chi connectivity index (χ1v) is 9.52. The molecule has 0 aliphatic heterocycles. The van der Waals surface area contributed by atoms with E-state index in [9.17, 15) is 0 Å². The van der Waals surface area contributed by atoms with Crippen LogP contribution >= 0.6 is 35.3 Å². The second kappa shape index (κ2) is 9.91. The van der Waals surface area contributed by atoms with Crippen molar-refractivity contribution >= 4 is 52.2 Å². The summed E-state index contributed by atoms with van der Waals surface area (Å²) >= 11 is 1.71. The number of guanidine groups is 1. The fraction of sp³-hybridized carbons (Fsp3) is 0.368. The van der Waals surface area contributed by atoms with Crippen LogP contribution in [-0.4, -0.2) is 29.5 Å². The minimum atomic E-state index is 0. The first kappa shape index (κ1) is 20.7. The average molecular weight is 483 g/mol. The van der Waals surface area contributed by atoms with Crippen LogP contribution in [0, 0.1) is 6.92 Å². The van der Waals surface area contributed by atoms with Crippen molar-refractivity contribution in [3.05, 3.63) is 51.6 Å². The zero-order valence-electron chi connectivity index (χ0n) is 15.4. The second-order valence-electron chi connectivity index (χ2n) is 6.00. The van der Waals surface area contributed by atoms with E-state index in [-0.39, 0.29) is 24.0 Å². The summed E-state index contributed by atoms with van der Waals surface area (Å²) in [4.78, 5) is 12.2. The SMILES string of the molecule is CCc1nc(CNC(=NC)NCCc2c[nH]c3c(C)cccc23)cs1.I. The summed E-state index contributed by atoms with van der Waals surface area (Å²) in [5.74, 6) is 0.807. The summed E-state index contributed by atoms with van der Waals surface area (Å²) < 4.78 is 0. The van der Waals surface area contributed by atoms with E-state index in [0.717, 1.165) is 31.0 Å². The number of aliphatic imine (C=N–C) groups is 1. The molecule has 7 heteroatoms. The molecule has 3 aromatic rings. The molecule has 0 bridgehead atoms. The van der Waals surface area contributed by atoms with E-state index < -0.39 is 0 Å². The zero-order valence-corrected chi connectivity index (χ0v) is 18.6. The molecule has 3 rings (SSSR count). The Morgan fingerprint density at radius 1 is 1.31 bits per heavy atom. The lowest BCUT2D eigenvalue weighted by atomic mass is 10.1. The smallest absolute Gasteiger partial charge is 0.191 e. The van der Waals surface area contributed by atoms with E-state index in [2.05, 4.69) is 69.2 Å². The van der Waals surface area contributed by atoms with Crippen LogP contribution in [-0.2, 0) is 19.4 Å². The number of fused-ring (bicyclic) bond motifs is 1. The fourth-order valence-corrected chi connectivity index (χ4v) is 3.62. The molecule has 0 spiro atoms. The van der Waals surface area contributed by atoms with Gasteiger partial charge in [-0.3, -0.25) is 4.99 Å². The molecule has 3 N–H and O–H groups in total. The lowest BCUT2D eigenvalue weighted by Gasteiger charge is -2.10. The normalized spacial score (nSPS) is 11.4. The van der Waals surface area contributed by atoms with Crippen molar-refractivity contribution in [1.29, 1.82) is 0 Å². The van der Waals surface area contributed by atoms with Crippen LogP contribution < -0.4 is 10.6 Å². The van der Waals surface area contributed by atoms with Crippen LogP contribution in [0.4, 0.5) is 0 Å². The van der Waals surface area contributed by atoms with E-state index in [1.807, 2.05) is 0 Å². The maximum Gasteiger partial charge on any atom is 0.191 e. The summed E-state index contributed by atoms with van der Waals surface area (Å²) in [6.45, 7) is 5.79. The largest absolute Gasteiger partial charge is 0.361 e. The molecule has 0 atom stereocenters. The molecule has 26 heavy (non-hydrogen) atoms. The summed E-state index contributed by atoms with van der Waals surface area (Å²) in [5, 5.41) is 11.3. The van der Waals surface area contributed by atoms with Crippen molar-refractivity contribution in [3.63, 3.8) is 0 Å². The van der Waals surface area contributed by atoms with Gasteiger partial charge in [-0.05, 0) is 30.9 Å². The molecule has 1 aromatic carbocycles. The third kappa shape index (κ3) is 4.97. The summed E-state index contributed by atoms with van der Waals surface area (Å²) in [6.07, 6.45) is 4.04. The number of benzene rings is 1. The first-order chi connectivity index (χ1) is 12.2. The molecule has 0 aliphatic carbocycles. The van der Waals surface area contributed by atoms with Crippen LogP contribution in [0.25, 0.3) is 10.9 Å². The quantitative estimate of drug-likeness (QED) is 0.282. The zero-order chi connectivity index (χ0) is 17.6. The van der Waals surface area contributed by atoms with Gasteiger partial charge in [0.2, 0.25) is 0 Å². The Morgan fingerprint density at radius 2 is 2.15 bits per heavy atom. The molecule has 2 aromatic heterocycles. The molecule has 0 fully saturated rings. The predicted molar refractivity (Wildman–Crippen MR) is 122 cm³/mol. The number of aryl methyl sites for hydroxylation is 2. The standard InChI is InChI=1S/C19H25N5S.HI/c1-4-17-24-15(12-25-17)11-23-19(20-3)21-9-8-14-10-22-18-13(2)6-5-7-16(14)18;/h5-7,10,12,22H,4,8-9,11H2,1-3H3,(H2,20,21,23);1H. The molecule has 0 unspecified atom stereocenters. The van der Waals surface area contributed by atoms with E-state index in [0.29, 0.717) is 6.54 Å². The van der Waals surface area contributed by atoms with Gasteiger partial charge in [-0.15, -0.1) is 35.3 Å². The summed E-state index contributed by atoms with van der Waals surface area (Å²) in [5.41, 5.74) is 4.91. The van der Waals surface area contributed by atoms with E-state index in [1.54, 1.807) is 18.4 Å². The Hall–Kier alpha value is -1.61. The van der Waals surface area contributed by atoms with E-state index in [1.165, 1.54) is 27.0 Å².